The molecule has 0 aromatic rings. The molecule has 0 radical (unpaired) electrons. The van der Waals surface area contributed by atoms with Crippen molar-refractivity contribution in [2.75, 3.05) is 33.0 Å². The number of hydrogen-bond donors (Lipinski definition) is 1. The molecule has 3 heteroatoms. The zero-order valence-corrected chi connectivity index (χ0v) is 6.97. The van der Waals surface area contributed by atoms with Crippen LogP contribution < -0.4 is 5.73 Å². The maximum absolute atomic E-state index is 5.16. The Morgan fingerprint density at radius 3 is 2.30 bits per heavy atom. The second-order valence-electron chi connectivity index (χ2n) is 2.10. The maximum atomic E-state index is 5.16. The molecule has 0 aliphatic heterocycles. The normalized spacial score (nSPS) is 10.8. The Balaban J connectivity index is 3.09. The molecule has 0 aromatic heterocycles. The van der Waals surface area contributed by atoms with E-state index < -0.39 is 0 Å². The largest absolute Gasteiger partial charge is 0.365 e. The predicted molar refractivity (Wildman–Crippen MR) is 42.8 cm³/mol. The zero-order chi connectivity index (χ0) is 7.82. The van der Waals surface area contributed by atoms with Crippen molar-refractivity contribution in [3.63, 3.8) is 0 Å². The van der Waals surface area contributed by atoms with Gasteiger partial charge >= 0.3 is 0 Å². The summed E-state index contributed by atoms with van der Waals surface area (Å²) in [5.74, 6) is 0. The first-order valence-corrected chi connectivity index (χ1v) is 3.85. The number of ether oxygens (including phenoxy) is 1. The Morgan fingerprint density at radius 1 is 1.30 bits per heavy atom. The molecule has 0 aliphatic rings. The molecule has 0 atom stereocenters. The Hall–Kier alpha value is -0.120. The van der Waals surface area contributed by atoms with Crippen LogP contribution in [0.25, 0.3) is 0 Å². The van der Waals surface area contributed by atoms with Gasteiger partial charge in [0, 0.05) is 6.54 Å². The van der Waals surface area contributed by atoms with Gasteiger partial charge in [0.1, 0.15) is 0 Å². The average Bonchev–Trinajstić information content (AvgIpc) is 1.99. The summed E-state index contributed by atoms with van der Waals surface area (Å²) in [4.78, 5) is 2.30. The zero-order valence-electron chi connectivity index (χ0n) is 6.97. The van der Waals surface area contributed by atoms with Crippen LogP contribution >= 0.6 is 0 Å². The van der Waals surface area contributed by atoms with Crippen molar-refractivity contribution in [2.45, 2.75) is 13.8 Å². The standard InChI is InChI=1S/C7H18N2O/c1-3-9(4-2)5-6-10-7-8/h3-8H2,1-2H3. The molecule has 62 valence electrons. The van der Waals surface area contributed by atoms with Crippen molar-refractivity contribution >= 4 is 0 Å². The minimum absolute atomic E-state index is 0.335. The molecular formula is C7H18N2O. The van der Waals surface area contributed by atoms with Gasteiger partial charge in [-0.25, -0.2) is 0 Å². The molecule has 0 saturated heterocycles. The van der Waals surface area contributed by atoms with Crippen LogP contribution in [0.4, 0.5) is 0 Å². The molecule has 2 N–H and O–H groups in total. The van der Waals surface area contributed by atoms with E-state index in [1.54, 1.807) is 0 Å². The minimum Gasteiger partial charge on any atom is -0.365 e. The van der Waals surface area contributed by atoms with Crippen molar-refractivity contribution in [2.24, 2.45) is 5.73 Å². The van der Waals surface area contributed by atoms with E-state index in [4.69, 9.17) is 10.5 Å². The molecule has 0 amide bonds. The summed E-state index contributed by atoms with van der Waals surface area (Å²) in [5.41, 5.74) is 5.16. The summed E-state index contributed by atoms with van der Waals surface area (Å²) in [5, 5.41) is 0. The summed E-state index contributed by atoms with van der Waals surface area (Å²) in [6.45, 7) is 8.54. The topological polar surface area (TPSA) is 38.5 Å². The molecular weight excluding hydrogens is 128 g/mol. The molecule has 0 heterocycles. The van der Waals surface area contributed by atoms with Gasteiger partial charge in [0.2, 0.25) is 0 Å². The number of likely N-dealkylation sites (N-methyl/N-ethyl adjacent to an activating group) is 1. The number of rotatable bonds is 6. The number of nitrogens with two attached hydrogens (primary N) is 1. The average molecular weight is 146 g/mol. The fourth-order valence-electron chi connectivity index (χ4n) is 0.817. The summed E-state index contributed by atoms with van der Waals surface area (Å²) in [7, 11) is 0. The summed E-state index contributed by atoms with van der Waals surface area (Å²) >= 11 is 0. The van der Waals surface area contributed by atoms with E-state index in [0.29, 0.717) is 6.73 Å². The second kappa shape index (κ2) is 6.99. The van der Waals surface area contributed by atoms with Crippen LogP contribution in [0.1, 0.15) is 13.8 Å². The molecule has 0 unspecified atom stereocenters. The SMILES string of the molecule is CCN(CC)CCOCN. The van der Waals surface area contributed by atoms with E-state index in [1.807, 2.05) is 0 Å². The lowest BCUT2D eigenvalue weighted by molar-refractivity contribution is 0.112. The molecule has 0 spiro atoms. The molecule has 0 fully saturated rings. The first-order valence-electron chi connectivity index (χ1n) is 3.85. The van der Waals surface area contributed by atoms with Crippen molar-refractivity contribution in [3.8, 4) is 0 Å². The first-order chi connectivity index (χ1) is 4.85. The highest BCUT2D eigenvalue weighted by molar-refractivity contribution is 4.49. The van der Waals surface area contributed by atoms with Crippen LogP contribution in [-0.2, 0) is 4.74 Å². The van der Waals surface area contributed by atoms with E-state index in [-0.39, 0.29) is 0 Å². The molecule has 0 rings (SSSR count). The van der Waals surface area contributed by atoms with Gasteiger partial charge in [0.05, 0.1) is 13.3 Å². The maximum Gasteiger partial charge on any atom is 0.0940 e. The highest BCUT2D eigenvalue weighted by Gasteiger charge is 1.96. The van der Waals surface area contributed by atoms with Crippen LogP contribution in [0.2, 0.25) is 0 Å². The number of hydrogen-bond acceptors (Lipinski definition) is 3. The molecule has 0 aliphatic carbocycles. The van der Waals surface area contributed by atoms with Gasteiger partial charge in [-0.15, -0.1) is 0 Å². The van der Waals surface area contributed by atoms with E-state index in [9.17, 15) is 0 Å². The van der Waals surface area contributed by atoms with E-state index in [2.05, 4.69) is 18.7 Å². The van der Waals surface area contributed by atoms with Crippen LogP contribution in [0.5, 0.6) is 0 Å². The van der Waals surface area contributed by atoms with Crippen molar-refractivity contribution in [3.05, 3.63) is 0 Å². The van der Waals surface area contributed by atoms with Crippen LogP contribution in [0.3, 0.4) is 0 Å². The molecule has 0 saturated carbocycles. The second-order valence-corrected chi connectivity index (χ2v) is 2.10. The Morgan fingerprint density at radius 2 is 1.90 bits per heavy atom. The third kappa shape index (κ3) is 4.73. The Kier molecular flexibility index (Phi) is 6.91. The van der Waals surface area contributed by atoms with Crippen molar-refractivity contribution < 1.29 is 4.74 Å². The first kappa shape index (κ1) is 9.88. The van der Waals surface area contributed by atoms with Gasteiger partial charge in [-0.1, -0.05) is 13.8 Å². The molecule has 0 bridgehead atoms. The van der Waals surface area contributed by atoms with Crippen molar-refractivity contribution in [1.82, 2.24) is 4.90 Å². The number of nitrogens with zero attached hydrogens (tertiary/aromatic N) is 1. The van der Waals surface area contributed by atoms with Gasteiger partial charge in [-0.2, -0.15) is 0 Å². The lowest BCUT2D eigenvalue weighted by Gasteiger charge is -2.16. The quantitative estimate of drug-likeness (QED) is 0.431. The van der Waals surface area contributed by atoms with E-state index >= 15 is 0 Å². The highest BCUT2D eigenvalue weighted by atomic mass is 16.5. The van der Waals surface area contributed by atoms with Crippen LogP contribution in [0, 0.1) is 0 Å². The van der Waals surface area contributed by atoms with Crippen molar-refractivity contribution in [1.29, 1.82) is 0 Å². The van der Waals surface area contributed by atoms with Gasteiger partial charge in [0.15, 0.2) is 0 Å². The Labute approximate surface area is 63.1 Å². The smallest absolute Gasteiger partial charge is 0.0940 e. The summed E-state index contributed by atoms with van der Waals surface area (Å²) in [6, 6.07) is 0. The Bertz CT molecular complexity index is 64.6. The lowest BCUT2D eigenvalue weighted by atomic mass is 10.5. The fourth-order valence-corrected chi connectivity index (χ4v) is 0.817. The lowest BCUT2D eigenvalue weighted by Crippen LogP contribution is -2.27. The molecule has 10 heavy (non-hydrogen) atoms. The fraction of sp³-hybridized carbons (Fsp3) is 1.00. The third-order valence-electron chi connectivity index (χ3n) is 1.56. The van der Waals surface area contributed by atoms with Crippen LogP contribution in [-0.4, -0.2) is 37.9 Å². The monoisotopic (exact) mass is 146 g/mol. The molecule has 3 nitrogen and oxygen atoms in total. The van der Waals surface area contributed by atoms with E-state index in [1.165, 1.54) is 0 Å². The van der Waals surface area contributed by atoms with Gasteiger partial charge < -0.3 is 15.4 Å². The predicted octanol–water partition coefficient (Wildman–Crippen LogP) is 0.261. The highest BCUT2D eigenvalue weighted by Crippen LogP contribution is 1.85. The third-order valence-corrected chi connectivity index (χ3v) is 1.56. The van der Waals surface area contributed by atoms with Gasteiger partial charge in [0.25, 0.3) is 0 Å². The minimum atomic E-state index is 0.335. The summed E-state index contributed by atoms with van der Waals surface area (Å²) < 4.78 is 5.00. The van der Waals surface area contributed by atoms with Gasteiger partial charge in [-0.3, -0.25) is 0 Å². The van der Waals surface area contributed by atoms with E-state index in [0.717, 1.165) is 26.2 Å². The van der Waals surface area contributed by atoms with Crippen LogP contribution in [0.15, 0.2) is 0 Å². The molecule has 0 aromatic carbocycles. The van der Waals surface area contributed by atoms with Gasteiger partial charge in [-0.05, 0) is 13.1 Å². The summed E-state index contributed by atoms with van der Waals surface area (Å²) in [6.07, 6.45) is 0.